The Morgan fingerprint density at radius 2 is 1.43 bits per heavy atom. The molecular formula is C18H34O2Si. The van der Waals surface area contributed by atoms with E-state index in [0.29, 0.717) is 5.04 Å². The van der Waals surface area contributed by atoms with Crippen LogP contribution in [0.3, 0.4) is 0 Å². The van der Waals surface area contributed by atoms with Gasteiger partial charge in [0, 0.05) is 26.1 Å². The van der Waals surface area contributed by atoms with Crippen molar-refractivity contribution in [2.45, 2.75) is 77.4 Å². The molecule has 122 valence electrons. The highest BCUT2D eigenvalue weighted by molar-refractivity contribution is 6.74. The van der Waals surface area contributed by atoms with Crippen molar-refractivity contribution in [1.29, 1.82) is 0 Å². The first-order valence-corrected chi connectivity index (χ1v) is 10.8. The zero-order chi connectivity index (χ0) is 16.8. The summed E-state index contributed by atoms with van der Waals surface area (Å²) in [5, 5.41) is 8.54. The minimum Gasteiger partial charge on any atom is -0.417 e. The maximum absolute atomic E-state index is 8.22. The molecule has 0 radical (unpaired) electrons. The summed E-state index contributed by atoms with van der Waals surface area (Å²) in [5.74, 6) is 5.14. The summed E-state index contributed by atoms with van der Waals surface area (Å²) in [4.78, 5) is 0. The van der Waals surface area contributed by atoms with Crippen LogP contribution in [0.1, 0.15) is 59.3 Å². The molecule has 0 heterocycles. The quantitative estimate of drug-likeness (QED) is 0.403. The van der Waals surface area contributed by atoms with Crippen molar-refractivity contribution in [3.05, 3.63) is 0 Å². The Labute approximate surface area is 133 Å². The smallest absolute Gasteiger partial charge is 0.191 e. The van der Waals surface area contributed by atoms with Gasteiger partial charge >= 0.3 is 0 Å². The van der Waals surface area contributed by atoms with E-state index >= 15 is 0 Å². The molecule has 0 bridgehead atoms. The Kier molecular flexibility index (Phi) is 13.9. The summed E-state index contributed by atoms with van der Waals surface area (Å²) in [6.07, 6.45) is 15.8. The Hall–Kier alpha value is -0.743. The second kappa shape index (κ2) is 13.0. The van der Waals surface area contributed by atoms with E-state index in [2.05, 4.69) is 45.7 Å². The van der Waals surface area contributed by atoms with Gasteiger partial charge in [-0.05, 0) is 43.8 Å². The lowest BCUT2D eigenvalue weighted by atomic mass is 10.2. The summed E-state index contributed by atoms with van der Waals surface area (Å²) in [6.45, 7) is 12.5. The minimum atomic E-state index is -1.52. The number of hydrogen-bond donors (Lipinski definition) is 1. The molecule has 0 saturated carbocycles. The molecule has 3 heteroatoms. The van der Waals surface area contributed by atoms with Crippen LogP contribution in [0.2, 0.25) is 18.1 Å². The number of hydrogen-bond acceptors (Lipinski definition) is 2. The molecule has 0 aliphatic carbocycles. The molecule has 1 N–H and O–H groups in total. The summed E-state index contributed by atoms with van der Waals surface area (Å²) < 4.78 is 6.01. The van der Waals surface area contributed by atoms with E-state index in [1.807, 2.05) is 0 Å². The normalized spacial score (nSPS) is 11.0. The van der Waals surface area contributed by atoms with Crippen LogP contribution in [0.4, 0.5) is 0 Å². The Balaban J connectivity index is 0. The van der Waals surface area contributed by atoms with Crippen LogP contribution in [0, 0.1) is 24.7 Å². The van der Waals surface area contributed by atoms with Crippen molar-refractivity contribution < 1.29 is 9.53 Å². The predicted molar refractivity (Wildman–Crippen MR) is 95.6 cm³/mol. The molecule has 0 atom stereocenters. The molecule has 2 nitrogen and oxygen atoms in total. The molecule has 0 unspecified atom stereocenters. The van der Waals surface area contributed by atoms with Crippen molar-refractivity contribution in [3.63, 3.8) is 0 Å². The van der Waals surface area contributed by atoms with E-state index in [-0.39, 0.29) is 6.61 Å². The number of aliphatic hydroxyl groups excluding tert-OH is 1. The lowest BCUT2D eigenvalue weighted by Crippen LogP contribution is -2.40. The van der Waals surface area contributed by atoms with Crippen LogP contribution in [-0.2, 0) is 4.43 Å². The summed E-state index contributed by atoms with van der Waals surface area (Å²) in [7, 11) is -1.52. The highest BCUT2D eigenvalue weighted by Crippen LogP contribution is 2.36. The molecule has 0 aliphatic heterocycles. The molecule has 0 amide bonds. The van der Waals surface area contributed by atoms with Gasteiger partial charge in [0.05, 0.1) is 0 Å². The number of unbranched alkanes of at least 4 members (excludes halogenated alkanes) is 4. The Morgan fingerprint density at radius 1 is 0.952 bits per heavy atom. The zero-order valence-corrected chi connectivity index (χ0v) is 15.7. The lowest BCUT2D eigenvalue weighted by molar-refractivity contribution is 0.280. The molecule has 0 spiro atoms. The van der Waals surface area contributed by atoms with Crippen molar-refractivity contribution >= 4 is 8.32 Å². The van der Waals surface area contributed by atoms with E-state index in [4.69, 9.17) is 22.4 Å². The lowest BCUT2D eigenvalue weighted by Gasteiger charge is -2.36. The van der Waals surface area contributed by atoms with Crippen LogP contribution in [-0.4, -0.2) is 26.6 Å². The summed E-state index contributed by atoms with van der Waals surface area (Å²) >= 11 is 0. The maximum atomic E-state index is 8.22. The molecule has 0 fully saturated rings. The first-order chi connectivity index (χ1) is 9.72. The largest absolute Gasteiger partial charge is 0.417 e. The Bertz CT molecular complexity index is 316. The van der Waals surface area contributed by atoms with Crippen molar-refractivity contribution in [3.8, 4) is 24.7 Å². The first kappa shape index (κ1) is 22.5. The first-order valence-electron chi connectivity index (χ1n) is 7.84. The summed E-state index contributed by atoms with van der Waals surface area (Å²) in [5.41, 5.74) is 0. The van der Waals surface area contributed by atoms with Gasteiger partial charge in [0.25, 0.3) is 0 Å². The molecular weight excluding hydrogens is 276 g/mol. The highest BCUT2D eigenvalue weighted by atomic mass is 28.4. The van der Waals surface area contributed by atoms with Gasteiger partial charge in [-0.3, -0.25) is 0 Å². The molecule has 21 heavy (non-hydrogen) atoms. The van der Waals surface area contributed by atoms with Gasteiger partial charge in [0.1, 0.15) is 0 Å². The average Bonchev–Trinajstić information content (AvgIpc) is 2.38. The van der Waals surface area contributed by atoms with E-state index in [0.717, 1.165) is 45.1 Å². The van der Waals surface area contributed by atoms with Crippen LogP contribution in [0.25, 0.3) is 0 Å². The van der Waals surface area contributed by atoms with E-state index < -0.39 is 8.32 Å². The molecule has 0 aliphatic rings. The van der Waals surface area contributed by atoms with E-state index in [1.54, 1.807) is 0 Å². The fraction of sp³-hybridized carbons (Fsp3) is 0.778. The SMILES string of the molecule is C#CCCCCO.C#CCCCCO[Si](C)(C)C(C)(C)C. The van der Waals surface area contributed by atoms with E-state index in [1.165, 1.54) is 0 Å². The molecule has 0 aromatic heterocycles. The van der Waals surface area contributed by atoms with Crippen LogP contribution < -0.4 is 0 Å². The number of terminal acetylenes is 2. The van der Waals surface area contributed by atoms with Gasteiger partial charge in [-0.2, -0.15) is 0 Å². The van der Waals surface area contributed by atoms with Crippen molar-refractivity contribution in [2.75, 3.05) is 13.2 Å². The second-order valence-corrected chi connectivity index (χ2v) is 11.5. The highest BCUT2D eigenvalue weighted by Gasteiger charge is 2.36. The van der Waals surface area contributed by atoms with Crippen LogP contribution >= 0.6 is 0 Å². The van der Waals surface area contributed by atoms with Crippen LogP contribution in [0.5, 0.6) is 0 Å². The minimum absolute atomic E-state index is 0.266. The third-order valence-electron chi connectivity index (χ3n) is 3.71. The fourth-order valence-electron chi connectivity index (χ4n) is 1.21. The number of rotatable bonds is 8. The van der Waals surface area contributed by atoms with Gasteiger partial charge < -0.3 is 9.53 Å². The van der Waals surface area contributed by atoms with Crippen molar-refractivity contribution in [1.82, 2.24) is 0 Å². The van der Waals surface area contributed by atoms with Gasteiger partial charge in [-0.1, -0.05) is 20.8 Å². The molecule has 0 aromatic carbocycles. The van der Waals surface area contributed by atoms with Gasteiger partial charge in [-0.15, -0.1) is 24.7 Å². The third kappa shape index (κ3) is 14.0. The fourth-order valence-corrected chi connectivity index (χ4v) is 2.30. The van der Waals surface area contributed by atoms with Gasteiger partial charge in [-0.25, -0.2) is 0 Å². The third-order valence-corrected chi connectivity index (χ3v) is 8.25. The van der Waals surface area contributed by atoms with Crippen LogP contribution in [0.15, 0.2) is 0 Å². The Morgan fingerprint density at radius 3 is 1.81 bits per heavy atom. The van der Waals surface area contributed by atoms with Gasteiger partial charge in [0.2, 0.25) is 0 Å². The van der Waals surface area contributed by atoms with E-state index in [9.17, 15) is 0 Å². The predicted octanol–water partition coefficient (Wildman–Crippen LogP) is 4.59. The maximum Gasteiger partial charge on any atom is 0.191 e. The van der Waals surface area contributed by atoms with Crippen molar-refractivity contribution in [2.24, 2.45) is 0 Å². The monoisotopic (exact) mass is 310 g/mol. The average molecular weight is 311 g/mol. The zero-order valence-electron chi connectivity index (χ0n) is 14.7. The van der Waals surface area contributed by atoms with Gasteiger partial charge in [0.15, 0.2) is 8.32 Å². The summed E-state index contributed by atoms with van der Waals surface area (Å²) in [6, 6.07) is 0. The molecule has 0 saturated heterocycles. The number of aliphatic hydroxyl groups is 1. The molecule has 0 rings (SSSR count). The topological polar surface area (TPSA) is 29.5 Å². The standard InChI is InChI=1S/C12H24OSi.C6H10O/c1-7-8-9-10-11-13-14(5,6)12(2,3)4;1-2-3-4-5-6-7/h1H,8-11H2,2-6H3;1,7H,3-6H2. The molecule has 0 aromatic rings. The second-order valence-electron chi connectivity index (χ2n) is 6.65.